The van der Waals surface area contributed by atoms with Crippen LogP contribution in [0, 0.1) is 6.92 Å². The van der Waals surface area contributed by atoms with E-state index in [1.54, 1.807) is 32.8 Å². The summed E-state index contributed by atoms with van der Waals surface area (Å²) in [4.78, 5) is 18.8. The van der Waals surface area contributed by atoms with Gasteiger partial charge in [-0.05, 0) is 43.5 Å². The summed E-state index contributed by atoms with van der Waals surface area (Å²) in [6.45, 7) is 4.65. The van der Waals surface area contributed by atoms with Gasteiger partial charge in [0.1, 0.15) is 28.4 Å². The number of rotatable bonds is 6. The van der Waals surface area contributed by atoms with Crippen molar-refractivity contribution >= 4 is 16.9 Å². The van der Waals surface area contributed by atoms with E-state index in [-0.39, 0.29) is 5.56 Å². The summed E-state index contributed by atoms with van der Waals surface area (Å²) in [5.41, 5.74) is 2.67. The molecule has 7 nitrogen and oxygen atoms in total. The van der Waals surface area contributed by atoms with Crippen LogP contribution >= 0.6 is 11.3 Å². The maximum Gasteiger partial charge on any atom is 0.276 e. The molecule has 4 heterocycles. The van der Waals surface area contributed by atoms with Gasteiger partial charge >= 0.3 is 0 Å². The van der Waals surface area contributed by atoms with Crippen LogP contribution in [0.25, 0.3) is 27.5 Å². The Kier molecular flexibility index (Phi) is 4.91. The number of fused-ring (bicyclic) bond motifs is 1. The first-order chi connectivity index (χ1) is 15.1. The van der Waals surface area contributed by atoms with Crippen LogP contribution < -0.4 is 10.3 Å². The highest BCUT2D eigenvalue weighted by molar-refractivity contribution is 7.13. The summed E-state index contributed by atoms with van der Waals surface area (Å²) in [5.74, 6) is 1.87. The number of thiophene rings is 1. The average molecular weight is 433 g/mol. The predicted molar refractivity (Wildman–Crippen MR) is 120 cm³/mol. The number of benzene rings is 1. The summed E-state index contributed by atoms with van der Waals surface area (Å²) in [7, 11) is 0. The number of aryl methyl sites for hydroxylation is 1. The minimum atomic E-state index is -0.128. The summed E-state index contributed by atoms with van der Waals surface area (Å²) in [6.07, 6.45) is 3.51. The molecule has 0 aliphatic heterocycles. The Hall–Kier alpha value is -3.65. The maximum absolute atomic E-state index is 13.1. The van der Waals surface area contributed by atoms with Crippen LogP contribution in [-0.4, -0.2) is 25.8 Å². The molecule has 0 saturated heterocycles. The highest BCUT2D eigenvalue weighted by atomic mass is 32.1. The zero-order valence-corrected chi connectivity index (χ0v) is 17.9. The average Bonchev–Trinajstić information content (AvgIpc) is 3.51. The van der Waals surface area contributed by atoms with Gasteiger partial charge in [-0.15, -0.1) is 11.3 Å². The van der Waals surface area contributed by atoms with E-state index in [2.05, 4.69) is 10.1 Å². The fourth-order valence-corrected chi connectivity index (χ4v) is 4.15. The van der Waals surface area contributed by atoms with Crippen molar-refractivity contribution in [3.8, 4) is 27.8 Å². The van der Waals surface area contributed by atoms with E-state index in [1.165, 1.54) is 0 Å². The SMILES string of the molecule is CCOc1ccccc1-c1nc(Cn2ccn3nc(-c4cccs4)cc3c2=O)c(C)o1. The van der Waals surface area contributed by atoms with Gasteiger partial charge in [0.15, 0.2) is 0 Å². The van der Waals surface area contributed by atoms with E-state index in [4.69, 9.17) is 9.15 Å². The molecule has 156 valence electrons. The molecule has 1 aromatic carbocycles. The Morgan fingerprint density at radius 3 is 2.84 bits per heavy atom. The smallest absolute Gasteiger partial charge is 0.276 e. The Bertz CT molecular complexity index is 1410. The number of oxazole rings is 1. The van der Waals surface area contributed by atoms with Gasteiger partial charge in [0.25, 0.3) is 5.56 Å². The first kappa shape index (κ1) is 19.3. The zero-order chi connectivity index (χ0) is 21.4. The topological polar surface area (TPSA) is 74.6 Å². The highest BCUT2D eigenvalue weighted by Gasteiger charge is 2.17. The molecular formula is C23H20N4O3S. The summed E-state index contributed by atoms with van der Waals surface area (Å²) in [5, 5.41) is 6.51. The zero-order valence-electron chi connectivity index (χ0n) is 17.1. The maximum atomic E-state index is 13.1. The molecule has 0 amide bonds. The molecule has 0 atom stereocenters. The minimum absolute atomic E-state index is 0.128. The van der Waals surface area contributed by atoms with E-state index in [9.17, 15) is 4.79 Å². The molecule has 5 aromatic rings. The van der Waals surface area contributed by atoms with Crippen molar-refractivity contribution in [1.29, 1.82) is 0 Å². The van der Waals surface area contributed by atoms with Crippen molar-refractivity contribution in [2.75, 3.05) is 6.61 Å². The lowest BCUT2D eigenvalue weighted by molar-refractivity contribution is 0.340. The molecule has 0 unspecified atom stereocenters. The second-order valence-corrected chi connectivity index (χ2v) is 7.97. The number of hydrogen-bond donors (Lipinski definition) is 0. The Balaban J connectivity index is 1.49. The summed E-state index contributed by atoms with van der Waals surface area (Å²) in [6, 6.07) is 13.4. The molecule has 0 N–H and O–H groups in total. The molecule has 31 heavy (non-hydrogen) atoms. The molecule has 0 spiro atoms. The largest absolute Gasteiger partial charge is 0.493 e. The highest BCUT2D eigenvalue weighted by Crippen LogP contribution is 2.30. The third kappa shape index (κ3) is 3.55. The fourth-order valence-electron chi connectivity index (χ4n) is 3.47. The molecule has 5 rings (SSSR count). The number of hydrogen-bond acceptors (Lipinski definition) is 6. The second-order valence-electron chi connectivity index (χ2n) is 7.02. The minimum Gasteiger partial charge on any atom is -0.493 e. The van der Waals surface area contributed by atoms with Crippen LogP contribution in [0.2, 0.25) is 0 Å². The molecule has 4 aromatic heterocycles. The van der Waals surface area contributed by atoms with Gasteiger partial charge in [-0.2, -0.15) is 5.10 Å². The van der Waals surface area contributed by atoms with E-state index in [0.29, 0.717) is 36.0 Å². The summed E-state index contributed by atoms with van der Waals surface area (Å²) < 4.78 is 14.9. The molecular weight excluding hydrogens is 412 g/mol. The van der Waals surface area contributed by atoms with Crippen molar-refractivity contribution in [3.63, 3.8) is 0 Å². The number of para-hydroxylation sites is 1. The molecule has 0 fully saturated rings. The Morgan fingerprint density at radius 1 is 1.16 bits per heavy atom. The monoisotopic (exact) mass is 432 g/mol. The van der Waals surface area contributed by atoms with Crippen LogP contribution in [0.15, 0.2) is 69.5 Å². The van der Waals surface area contributed by atoms with Gasteiger partial charge in [-0.3, -0.25) is 4.79 Å². The molecule has 0 radical (unpaired) electrons. The Labute approximate surface area is 182 Å². The van der Waals surface area contributed by atoms with E-state index in [0.717, 1.165) is 21.9 Å². The van der Waals surface area contributed by atoms with Crippen LogP contribution in [0.1, 0.15) is 18.4 Å². The van der Waals surface area contributed by atoms with Gasteiger partial charge in [-0.25, -0.2) is 9.50 Å². The van der Waals surface area contributed by atoms with Crippen molar-refractivity contribution in [2.24, 2.45) is 0 Å². The van der Waals surface area contributed by atoms with Crippen molar-refractivity contribution in [1.82, 2.24) is 19.2 Å². The summed E-state index contributed by atoms with van der Waals surface area (Å²) >= 11 is 1.59. The third-order valence-corrected chi connectivity index (χ3v) is 5.90. The Morgan fingerprint density at radius 2 is 2.03 bits per heavy atom. The number of ether oxygens (including phenoxy) is 1. The predicted octanol–water partition coefficient (Wildman–Crippen LogP) is 4.63. The van der Waals surface area contributed by atoms with Crippen molar-refractivity contribution in [2.45, 2.75) is 20.4 Å². The van der Waals surface area contributed by atoms with E-state index in [1.807, 2.05) is 61.7 Å². The first-order valence-electron chi connectivity index (χ1n) is 9.95. The lowest BCUT2D eigenvalue weighted by Crippen LogP contribution is -2.22. The van der Waals surface area contributed by atoms with Crippen molar-refractivity contribution < 1.29 is 9.15 Å². The second kappa shape index (κ2) is 7.88. The quantitative estimate of drug-likeness (QED) is 0.391. The van der Waals surface area contributed by atoms with Gasteiger partial charge in [0.05, 0.1) is 23.6 Å². The van der Waals surface area contributed by atoms with Gasteiger partial charge in [0.2, 0.25) is 5.89 Å². The molecule has 0 aliphatic rings. The van der Waals surface area contributed by atoms with Crippen LogP contribution in [0.3, 0.4) is 0 Å². The third-order valence-electron chi connectivity index (χ3n) is 5.01. The van der Waals surface area contributed by atoms with Gasteiger partial charge in [0, 0.05) is 12.4 Å². The van der Waals surface area contributed by atoms with E-state index < -0.39 is 0 Å². The number of nitrogens with zero attached hydrogens (tertiary/aromatic N) is 4. The van der Waals surface area contributed by atoms with Crippen LogP contribution in [-0.2, 0) is 6.54 Å². The fraction of sp³-hybridized carbons (Fsp3) is 0.174. The van der Waals surface area contributed by atoms with Crippen LogP contribution in [0.5, 0.6) is 5.75 Å². The lowest BCUT2D eigenvalue weighted by Gasteiger charge is -2.06. The standard InChI is InChI=1S/C23H20N4O3S/c1-3-29-20-8-5-4-7-16(20)22-24-18(15(2)30-22)14-26-10-11-27-19(23(26)28)13-17(25-27)21-9-6-12-31-21/h4-13H,3,14H2,1-2H3. The molecule has 0 bridgehead atoms. The van der Waals surface area contributed by atoms with Crippen molar-refractivity contribution in [3.05, 3.63) is 82.0 Å². The van der Waals surface area contributed by atoms with Crippen LogP contribution in [0.4, 0.5) is 0 Å². The van der Waals surface area contributed by atoms with Gasteiger partial charge < -0.3 is 13.7 Å². The number of aromatic nitrogens is 4. The van der Waals surface area contributed by atoms with E-state index >= 15 is 0 Å². The normalized spacial score (nSPS) is 11.3. The lowest BCUT2D eigenvalue weighted by atomic mass is 10.2. The van der Waals surface area contributed by atoms with Gasteiger partial charge in [-0.1, -0.05) is 18.2 Å². The molecule has 8 heteroatoms. The molecule has 0 saturated carbocycles. The molecule has 0 aliphatic carbocycles. The first-order valence-corrected chi connectivity index (χ1v) is 10.8.